The van der Waals surface area contributed by atoms with Gasteiger partial charge in [0.2, 0.25) is 5.91 Å². The van der Waals surface area contributed by atoms with Crippen molar-refractivity contribution in [1.29, 1.82) is 0 Å². The minimum Gasteiger partial charge on any atom is -0.478 e. The second-order valence-electron chi connectivity index (χ2n) is 5.37. The predicted octanol–water partition coefficient (Wildman–Crippen LogP) is 2.37. The summed E-state index contributed by atoms with van der Waals surface area (Å²) in [6.45, 7) is 1.67. The second-order valence-corrected chi connectivity index (χ2v) is 5.37. The predicted molar refractivity (Wildman–Crippen MR) is 78.5 cm³/mol. The number of rotatable bonds is 3. The number of hydrogen-bond donors (Lipinski definition) is 3. The Morgan fingerprint density at radius 1 is 1.24 bits per heavy atom. The van der Waals surface area contributed by atoms with Crippen molar-refractivity contribution in [2.45, 2.75) is 19.8 Å². The molecule has 2 aromatic rings. The zero-order valence-electron chi connectivity index (χ0n) is 11.6. The van der Waals surface area contributed by atoms with E-state index in [1.54, 1.807) is 6.92 Å². The number of aromatic nitrogens is 1. The molecule has 1 heterocycles. The van der Waals surface area contributed by atoms with Gasteiger partial charge in [0.25, 0.3) is 0 Å². The van der Waals surface area contributed by atoms with Crippen molar-refractivity contribution in [3.8, 4) is 0 Å². The molecule has 5 nitrogen and oxygen atoms in total. The number of carboxylic acid groups (broad SMARTS) is 1. The quantitative estimate of drug-likeness (QED) is 0.809. The number of anilines is 1. The fourth-order valence-electron chi connectivity index (χ4n) is 2.88. The molecular formula is C16H16N2O3. The topological polar surface area (TPSA) is 82.2 Å². The summed E-state index contributed by atoms with van der Waals surface area (Å²) in [7, 11) is 0. The monoisotopic (exact) mass is 284 g/mol. The van der Waals surface area contributed by atoms with Crippen LogP contribution in [0.5, 0.6) is 0 Å². The number of carboxylic acids is 1. The number of aromatic carboxylic acids is 1. The Balaban J connectivity index is 1.76. The summed E-state index contributed by atoms with van der Waals surface area (Å²) >= 11 is 0. The molecule has 0 saturated heterocycles. The van der Waals surface area contributed by atoms with Crippen LogP contribution in [-0.2, 0) is 17.6 Å². The largest absolute Gasteiger partial charge is 0.478 e. The highest BCUT2D eigenvalue weighted by molar-refractivity contribution is 6.02. The first-order valence-electron chi connectivity index (χ1n) is 6.85. The van der Waals surface area contributed by atoms with Crippen LogP contribution in [0.4, 0.5) is 5.69 Å². The molecule has 0 atom stereocenters. The zero-order chi connectivity index (χ0) is 15.0. The lowest BCUT2D eigenvalue weighted by atomic mass is 10.1. The third kappa shape index (κ3) is 2.42. The molecule has 1 aliphatic rings. The summed E-state index contributed by atoms with van der Waals surface area (Å²) in [5.41, 5.74) is 3.38. The number of fused-ring (bicyclic) bond motifs is 1. The average molecular weight is 284 g/mol. The molecule has 0 unspecified atom stereocenters. The number of hydrogen-bond acceptors (Lipinski definition) is 2. The lowest BCUT2D eigenvalue weighted by molar-refractivity contribution is -0.119. The van der Waals surface area contributed by atoms with Crippen molar-refractivity contribution in [3.63, 3.8) is 0 Å². The van der Waals surface area contributed by atoms with E-state index < -0.39 is 5.97 Å². The number of carbonyl (C=O) groups excluding carboxylic acids is 1. The van der Waals surface area contributed by atoms with Gasteiger partial charge in [-0.3, -0.25) is 4.79 Å². The van der Waals surface area contributed by atoms with E-state index in [0.717, 1.165) is 0 Å². The maximum Gasteiger partial charge on any atom is 0.339 e. The number of aromatic amines is 1. The van der Waals surface area contributed by atoms with Gasteiger partial charge in [0.15, 0.2) is 0 Å². The van der Waals surface area contributed by atoms with E-state index in [9.17, 15) is 14.7 Å². The van der Waals surface area contributed by atoms with Crippen LogP contribution in [0, 0.1) is 12.8 Å². The van der Waals surface area contributed by atoms with E-state index in [4.69, 9.17) is 0 Å². The van der Waals surface area contributed by atoms with E-state index in [2.05, 4.69) is 10.3 Å². The molecular weight excluding hydrogens is 268 g/mol. The number of carbonyl (C=O) groups is 2. The molecule has 0 fully saturated rings. The molecule has 108 valence electrons. The molecule has 1 aromatic heterocycles. The van der Waals surface area contributed by atoms with Gasteiger partial charge in [-0.25, -0.2) is 4.79 Å². The molecule has 21 heavy (non-hydrogen) atoms. The Morgan fingerprint density at radius 2 is 1.86 bits per heavy atom. The number of benzene rings is 1. The lowest BCUT2D eigenvalue weighted by Gasteiger charge is -2.10. The highest BCUT2D eigenvalue weighted by Crippen LogP contribution is 2.28. The van der Waals surface area contributed by atoms with Crippen molar-refractivity contribution in [2.75, 3.05) is 5.32 Å². The molecule has 0 aliphatic heterocycles. The summed E-state index contributed by atoms with van der Waals surface area (Å²) in [5, 5.41) is 11.9. The number of nitrogens with one attached hydrogen (secondary N) is 2. The van der Waals surface area contributed by atoms with Crippen LogP contribution in [-0.4, -0.2) is 22.0 Å². The van der Waals surface area contributed by atoms with Gasteiger partial charge in [0.1, 0.15) is 5.56 Å². The Bertz CT molecular complexity index is 693. The van der Waals surface area contributed by atoms with Gasteiger partial charge in [-0.05, 0) is 30.9 Å². The molecule has 3 rings (SSSR count). The summed E-state index contributed by atoms with van der Waals surface area (Å²) in [5.74, 6) is -1.31. The molecule has 1 aliphatic carbocycles. The fraction of sp³-hybridized carbons (Fsp3) is 0.250. The van der Waals surface area contributed by atoms with Gasteiger partial charge in [-0.15, -0.1) is 0 Å². The normalized spacial score (nSPS) is 14.0. The van der Waals surface area contributed by atoms with Crippen LogP contribution < -0.4 is 5.32 Å². The van der Waals surface area contributed by atoms with Gasteiger partial charge in [0, 0.05) is 17.8 Å². The van der Waals surface area contributed by atoms with Crippen LogP contribution in [0.25, 0.3) is 0 Å². The second kappa shape index (κ2) is 5.09. The Hall–Kier alpha value is -2.56. The van der Waals surface area contributed by atoms with Crippen LogP contribution in [0.15, 0.2) is 30.5 Å². The Labute approximate surface area is 122 Å². The van der Waals surface area contributed by atoms with Crippen LogP contribution >= 0.6 is 0 Å². The van der Waals surface area contributed by atoms with Gasteiger partial charge < -0.3 is 15.4 Å². The molecule has 1 amide bonds. The summed E-state index contributed by atoms with van der Waals surface area (Å²) in [6.07, 6.45) is 2.93. The van der Waals surface area contributed by atoms with E-state index in [1.807, 2.05) is 24.3 Å². The van der Waals surface area contributed by atoms with E-state index in [0.29, 0.717) is 24.2 Å². The Morgan fingerprint density at radius 3 is 2.43 bits per heavy atom. The van der Waals surface area contributed by atoms with Crippen LogP contribution in [0.3, 0.4) is 0 Å². The van der Waals surface area contributed by atoms with Crippen molar-refractivity contribution in [2.24, 2.45) is 5.92 Å². The SMILES string of the molecule is Cc1[nH]cc(NC(=O)C2Cc3ccccc3C2)c1C(=O)O. The van der Waals surface area contributed by atoms with Crippen molar-refractivity contribution in [3.05, 3.63) is 52.8 Å². The van der Waals surface area contributed by atoms with E-state index in [-0.39, 0.29) is 17.4 Å². The van der Waals surface area contributed by atoms with Gasteiger partial charge in [-0.2, -0.15) is 0 Å². The van der Waals surface area contributed by atoms with Crippen LogP contribution in [0.1, 0.15) is 27.2 Å². The maximum atomic E-state index is 12.3. The van der Waals surface area contributed by atoms with Gasteiger partial charge in [-0.1, -0.05) is 24.3 Å². The third-order valence-corrected chi connectivity index (χ3v) is 3.97. The van der Waals surface area contributed by atoms with Crippen molar-refractivity contribution in [1.82, 2.24) is 4.98 Å². The number of H-pyrrole nitrogens is 1. The molecule has 5 heteroatoms. The standard InChI is InChI=1S/C16H16N2O3/c1-9-14(16(20)21)13(8-17-9)18-15(19)12-6-10-4-2-3-5-11(10)7-12/h2-5,8,12,17H,6-7H2,1H3,(H,18,19)(H,20,21). The minimum atomic E-state index is -1.04. The van der Waals surface area contributed by atoms with Crippen molar-refractivity contribution >= 4 is 17.6 Å². The molecule has 0 saturated carbocycles. The first kappa shape index (κ1) is 13.4. The minimum absolute atomic E-state index is 0.124. The zero-order valence-corrected chi connectivity index (χ0v) is 11.6. The number of aryl methyl sites for hydroxylation is 1. The first-order valence-corrected chi connectivity index (χ1v) is 6.85. The molecule has 0 radical (unpaired) electrons. The smallest absolute Gasteiger partial charge is 0.339 e. The molecule has 1 aromatic carbocycles. The number of amides is 1. The van der Waals surface area contributed by atoms with E-state index >= 15 is 0 Å². The lowest BCUT2D eigenvalue weighted by Crippen LogP contribution is -2.23. The highest BCUT2D eigenvalue weighted by Gasteiger charge is 2.28. The Kier molecular flexibility index (Phi) is 3.25. The van der Waals surface area contributed by atoms with Gasteiger partial charge >= 0.3 is 5.97 Å². The summed E-state index contributed by atoms with van der Waals surface area (Å²) in [6, 6.07) is 8.01. The van der Waals surface area contributed by atoms with Crippen LogP contribution in [0.2, 0.25) is 0 Å². The highest BCUT2D eigenvalue weighted by atomic mass is 16.4. The molecule has 3 N–H and O–H groups in total. The van der Waals surface area contributed by atoms with Gasteiger partial charge in [0.05, 0.1) is 5.69 Å². The van der Waals surface area contributed by atoms with E-state index in [1.165, 1.54) is 17.3 Å². The van der Waals surface area contributed by atoms with Crippen molar-refractivity contribution < 1.29 is 14.7 Å². The average Bonchev–Trinajstić information content (AvgIpc) is 3.02. The molecule has 0 bridgehead atoms. The first-order chi connectivity index (χ1) is 10.1. The molecule has 0 spiro atoms. The maximum absolute atomic E-state index is 12.3. The third-order valence-electron chi connectivity index (χ3n) is 3.97. The summed E-state index contributed by atoms with van der Waals surface area (Å²) < 4.78 is 0. The summed E-state index contributed by atoms with van der Waals surface area (Å²) in [4.78, 5) is 26.4. The fourth-order valence-corrected chi connectivity index (χ4v) is 2.88.